The van der Waals surface area contributed by atoms with Gasteiger partial charge >= 0.3 is 0 Å². The molecule has 1 aliphatic heterocycles. The Balaban J connectivity index is 2.18. The SMILES string of the molecule is CCc1cc(C(=O)N2CCN(C)CC2)cc(NN)n1. The molecule has 2 heterocycles. The molecular formula is C13H21N5O. The molecule has 0 spiro atoms. The number of nitrogens with two attached hydrogens (primary N) is 1. The smallest absolute Gasteiger partial charge is 0.254 e. The number of nitrogens with zero attached hydrogens (tertiary/aromatic N) is 3. The van der Waals surface area contributed by atoms with Crippen molar-refractivity contribution in [2.24, 2.45) is 5.84 Å². The van der Waals surface area contributed by atoms with Crippen LogP contribution in [0.4, 0.5) is 5.82 Å². The predicted octanol–water partition coefficient (Wildman–Crippen LogP) is 0.317. The first-order valence-corrected chi connectivity index (χ1v) is 6.59. The fourth-order valence-corrected chi connectivity index (χ4v) is 2.16. The van der Waals surface area contributed by atoms with Crippen molar-refractivity contribution in [2.75, 3.05) is 38.7 Å². The lowest BCUT2D eigenvalue weighted by molar-refractivity contribution is 0.0664. The Labute approximate surface area is 113 Å². The van der Waals surface area contributed by atoms with E-state index >= 15 is 0 Å². The first-order valence-electron chi connectivity index (χ1n) is 6.59. The molecule has 0 atom stereocenters. The van der Waals surface area contributed by atoms with Crippen molar-refractivity contribution in [2.45, 2.75) is 13.3 Å². The van der Waals surface area contributed by atoms with Gasteiger partial charge in [-0.25, -0.2) is 10.8 Å². The van der Waals surface area contributed by atoms with Crippen LogP contribution in [0.15, 0.2) is 12.1 Å². The number of aromatic nitrogens is 1. The third kappa shape index (κ3) is 3.21. The number of nitrogens with one attached hydrogen (secondary N) is 1. The summed E-state index contributed by atoms with van der Waals surface area (Å²) < 4.78 is 0. The van der Waals surface area contributed by atoms with Gasteiger partial charge < -0.3 is 15.2 Å². The monoisotopic (exact) mass is 263 g/mol. The number of pyridine rings is 1. The molecular weight excluding hydrogens is 242 g/mol. The number of anilines is 1. The second kappa shape index (κ2) is 5.99. The first kappa shape index (κ1) is 13.8. The number of aryl methyl sites for hydroxylation is 1. The lowest BCUT2D eigenvalue weighted by Gasteiger charge is -2.32. The van der Waals surface area contributed by atoms with Crippen molar-refractivity contribution in [1.82, 2.24) is 14.8 Å². The van der Waals surface area contributed by atoms with Gasteiger partial charge in [-0.2, -0.15) is 0 Å². The molecule has 0 aliphatic carbocycles. The quantitative estimate of drug-likeness (QED) is 0.607. The topological polar surface area (TPSA) is 74.5 Å². The largest absolute Gasteiger partial charge is 0.336 e. The van der Waals surface area contributed by atoms with Crippen LogP contribution in [-0.2, 0) is 6.42 Å². The van der Waals surface area contributed by atoms with Crippen LogP contribution in [0.2, 0.25) is 0 Å². The van der Waals surface area contributed by atoms with Crippen LogP contribution >= 0.6 is 0 Å². The summed E-state index contributed by atoms with van der Waals surface area (Å²) in [6.07, 6.45) is 0.776. The van der Waals surface area contributed by atoms with E-state index in [1.807, 2.05) is 17.9 Å². The van der Waals surface area contributed by atoms with Crippen molar-refractivity contribution >= 4 is 11.7 Å². The van der Waals surface area contributed by atoms with E-state index in [4.69, 9.17) is 5.84 Å². The van der Waals surface area contributed by atoms with Crippen molar-refractivity contribution in [1.29, 1.82) is 0 Å². The Hall–Kier alpha value is -1.66. The lowest BCUT2D eigenvalue weighted by atomic mass is 10.1. The van der Waals surface area contributed by atoms with Crippen LogP contribution in [-0.4, -0.2) is 53.9 Å². The number of likely N-dealkylation sites (N-methyl/N-ethyl adjacent to an activating group) is 1. The van der Waals surface area contributed by atoms with E-state index < -0.39 is 0 Å². The average molecular weight is 263 g/mol. The van der Waals surface area contributed by atoms with E-state index in [0.29, 0.717) is 11.4 Å². The van der Waals surface area contributed by atoms with Crippen LogP contribution in [0.25, 0.3) is 0 Å². The fraction of sp³-hybridized carbons (Fsp3) is 0.538. The van der Waals surface area contributed by atoms with Crippen molar-refractivity contribution < 1.29 is 4.79 Å². The Morgan fingerprint density at radius 2 is 2.05 bits per heavy atom. The maximum Gasteiger partial charge on any atom is 0.254 e. The highest BCUT2D eigenvalue weighted by Crippen LogP contribution is 2.14. The zero-order chi connectivity index (χ0) is 13.8. The number of carbonyl (C=O) groups excluding carboxylic acids is 1. The van der Waals surface area contributed by atoms with Gasteiger partial charge in [0.25, 0.3) is 5.91 Å². The maximum absolute atomic E-state index is 12.5. The van der Waals surface area contributed by atoms with Gasteiger partial charge in [-0.1, -0.05) is 6.92 Å². The summed E-state index contributed by atoms with van der Waals surface area (Å²) in [6.45, 7) is 5.38. The number of carbonyl (C=O) groups is 1. The van der Waals surface area contributed by atoms with Gasteiger partial charge in [0.1, 0.15) is 5.82 Å². The minimum atomic E-state index is 0.0571. The minimum absolute atomic E-state index is 0.0571. The van der Waals surface area contributed by atoms with E-state index in [9.17, 15) is 4.79 Å². The summed E-state index contributed by atoms with van der Waals surface area (Å²) in [6, 6.07) is 3.56. The molecule has 0 saturated carbocycles. The molecule has 6 nitrogen and oxygen atoms in total. The number of hydrogen-bond acceptors (Lipinski definition) is 5. The average Bonchev–Trinajstić information content (AvgIpc) is 2.46. The van der Waals surface area contributed by atoms with E-state index in [1.165, 1.54) is 0 Å². The molecule has 1 saturated heterocycles. The second-order valence-corrected chi connectivity index (χ2v) is 4.83. The Bertz CT molecular complexity index is 432. The van der Waals surface area contributed by atoms with Gasteiger partial charge in [0.15, 0.2) is 0 Å². The third-order valence-electron chi connectivity index (χ3n) is 3.43. The Morgan fingerprint density at radius 1 is 1.37 bits per heavy atom. The van der Waals surface area contributed by atoms with Gasteiger partial charge in [-0.3, -0.25) is 4.79 Å². The van der Waals surface area contributed by atoms with Gasteiger partial charge in [-0.05, 0) is 25.6 Å². The summed E-state index contributed by atoms with van der Waals surface area (Å²) >= 11 is 0. The molecule has 2 rings (SSSR count). The van der Waals surface area contributed by atoms with Crippen LogP contribution < -0.4 is 11.3 Å². The predicted molar refractivity (Wildman–Crippen MR) is 74.8 cm³/mol. The molecule has 0 radical (unpaired) electrons. The molecule has 1 aliphatic rings. The molecule has 0 unspecified atom stereocenters. The lowest BCUT2D eigenvalue weighted by Crippen LogP contribution is -2.47. The fourth-order valence-electron chi connectivity index (χ4n) is 2.16. The zero-order valence-electron chi connectivity index (χ0n) is 11.5. The van der Waals surface area contributed by atoms with E-state index in [-0.39, 0.29) is 5.91 Å². The van der Waals surface area contributed by atoms with Crippen LogP contribution in [0, 0.1) is 0 Å². The van der Waals surface area contributed by atoms with E-state index in [2.05, 4.69) is 22.4 Å². The van der Waals surface area contributed by atoms with Crippen LogP contribution in [0.1, 0.15) is 23.0 Å². The standard InChI is InChI=1S/C13H21N5O/c1-3-11-8-10(9-12(15-11)16-14)13(19)18-6-4-17(2)5-7-18/h8-9H,3-7,14H2,1-2H3,(H,15,16). The van der Waals surface area contributed by atoms with E-state index in [0.717, 1.165) is 38.3 Å². The molecule has 3 N–H and O–H groups in total. The molecule has 1 aromatic heterocycles. The van der Waals surface area contributed by atoms with Gasteiger partial charge in [0.2, 0.25) is 0 Å². The number of hydrazine groups is 1. The minimum Gasteiger partial charge on any atom is -0.336 e. The summed E-state index contributed by atoms with van der Waals surface area (Å²) in [5, 5.41) is 0. The molecule has 19 heavy (non-hydrogen) atoms. The Morgan fingerprint density at radius 3 is 2.63 bits per heavy atom. The van der Waals surface area contributed by atoms with Crippen molar-refractivity contribution in [3.63, 3.8) is 0 Å². The number of hydrogen-bond donors (Lipinski definition) is 2. The zero-order valence-corrected chi connectivity index (χ0v) is 11.5. The second-order valence-electron chi connectivity index (χ2n) is 4.83. The third-order valence-corrected chi connectivity index (χ3v) is 3.43. The summed E-state index contributed by atoms with van der Waals surface area (Å²) in [5.74, 6) is 5.99. The normalized spacial score (nSPS) is 16.5. The maximum atomic E-state index is 12.5. The molecule has 0 aromatic carbocycles. The van der Waals surface area contributed by atoms with Gasteiger partial charge in [-0.15, -0.1) is 0 Å². The molecule has 0 bridgehead atoms. The van der Waals surface area contributed by atoms with Crippen LogP contribution in [0.3, 0.4) is 0 Å². The van der Waals surface area contributed by atoms with E-state index in [1.54, 1.807) is 6.07 Å². The van der Waals surface area contributed by atoms with Gasteiger partial charge in [0.05, 0.1) is 0 Å². The number of amides is 1. The summed E-state index contributed by atoms with van der Waals surface area (Å²) in [7, 11) is 2.07. The molecule has 104 valence electrons. The van der Waals surface area contributed by atoms with Gasteiger partial charge in [0, 0.05) is 37.4 Å². The summed E-state index contributed by atoms with van der Waals surface area (Å²) in [5.41, 5.74) is 4.04. The first-order chi connectivity index (χ1) is 9.13. The molecule has 6 heteroatoms. The highest BCUT2D eigenvalue weighted by atomic mass is 16.2. The Kier molecular flexibility index (Phi) is 4.34. The number of nitrogen functional groups attached to an aromatic ring is 1. The number of rotatable bonds is 3. The molecule has 1 fully saturated rings. The van der Waals surface area contributed by atoms with Crippen molar-refractivity contribution in [3.8, 4) is 0 Å². The molecule has 1 amide bonds. The van der Waals surface area contributed by atoms with Crippen molar-refractivity contribution in [3.05, 3.63) is 23.4 Å². The highest BCUT2D eigenvalue weighted by Gasteiger charge is 2.21. The summed E-state index contributed by atoms with van der Waals surface area (Å²) in [4.78, 5) is 20.9. The molecule has 1 aromatic rings. The van der Waals surface area contributed by atoms with Crippen LogP contribution in [0.5, 0.6) is 0 Å². The number of piperazine rings is 1. The highest BCUT2D eigenvalue weighted by molar-refractivity contribution is 5.95.